The minimum atomic E-state index is -0.849. The molecule has 2 bridgehead atoms. The molecule has 152 valence electrons. The molecule has 2 N–H and O–H groups in total. The second kappa shape index (κ2) is 7.53. The second-order valence-corrected chi connectivity index (χ2v) is 10.1. The fourth-order valence-electron chi connectivity index (χ4n) is 6.59. The fourth-order valence-corrected chi connectivity index (χ4v) is 6.59. The van der Waals surface area contributed by atoms with Crippen LogP contribution < -0.4 is 5.32 Å². The van der Waals surface area contributed by atoms with E-state index in [0.717, 1.165) is 29.9 Å². The highest BCUT2D eigenvalue weighted by Gasteiger charge is 2.42. The SMILES string of the molecule is CC1CC2CC(C1)CC(C)(c1ccc(NC(=O)C3CCCC3C(=O)O)cc1)C2. The smallest absolute Gasteiger partial charge is 0.307 e. The Labute approximate surface area is 168 Å². The van der Waals surface area contributed by atoms with Crippen LogP contribution in [0.2, 0.25) is 0 Å². The first-order chi connectivity index (χ1) is 13.3. The molecule has 0 aromatic heterocycles. The van der Waals surface area contributed by atoms with E-state index < -0.39 is 17.8 Å². The van der Waals surface area contributed by atoms with Crippen molar-refractivity contribution in [1.82, 2.24) is 0 Å². The van der Waals surface area contributed by atoms with E-state index in [1.54, 1.807) is 0 Å². The number of nitrogens with one attached hydrogen (secondary N) is 1. The average molecular weight is 384 g/mol. The lowest BCUT2D eigenvalue weighted by atomic mass is 9.57. The van der Waals surface area contributed by atoms with Gasteiger partial charge in [-0.3, -0.25) is 9.59 Å². The van der Waals surface area contributed by atoms with Crippen molar-refractivity contribution in [2.45, 2.75) is 70.6 Å². The van der Waals surface area contributed by atoms with Crippen molar-refractivity contribution in [2.75, 3.05) is 5.32 Å². The molecule has 3 fully saturated rings. The Morgan fingerprint density at radius 3 is 2.21 bits per heavy atom. The lowest BCUT2D eigenvalue weighted by Gasteiger charge is -2.47. The zero-order valence-corrected chi connectivity index (χ0v) is 17.1. The normalized spacial score (nSPS) is 37.4. The van der Waals surface area contributed by atoms with Crippen molar-refractivity contribution in [3.63, 3.8) is 0 Å². The highest BCUT2D eigenvalue weighted by atomic mass is 16.4. The maximum Gasteiger partial charge on any atom is 0.307 e. The van der Waals surface area contributed by atoms with Gasteiger partial charge >= 0.3 is 5.97 Å². The maximum atomic E-state index is 12.6. The molecule has 0 aliphatic heterocycles. The summed E-state index contributed by atoms with van der Waals surface area (Å²) in [5, 5.41) is 12.3. The summed E-state index contributed by atoms with van der Waals surface area (Å²) in [4.78, 5) is 23.9. The minimum absolute atomic E-state index is 0.148. The first-order valence-electron chi connectivity index (χ1n) is 11.0. The van der Waals surface area contributed by atoms with Crippen LogP contribution >= 0.6 is 0 Å². The van der Waals surface area contributed by atoms with Gasteiger partial charge in [-0.05, 0) is 85.8 Å². The summed E-state index contributed by atoms with van der Waals surface area (Å²) in [5.41, 5.74) is 2.38. The van der Waals surface area contributed by atoms with E-state index in [0.29, 0.717) is 12.8 Å². The third-order valence-electron chi connectivity index (χ3n) is 7.64. The zero-order valence-electron chi connectivity index (χ0n) is 17.1. The molecule has 0 radical (unpaired) electrons. The van der Waals surface area contributed by atoms with E-state index in [-0.39, 0.29) is 11.3 Å². The number of hydrogen-bond acceptors (Lipinski definition) is 2. The van der Waals surface area contributed by atoms with Crippen LogP contribution in [0.15, 0.2) is 24.3 Å². The first kappa shape index (κ1) is 19.5. The molecule has 1 aromatic carbocycles. The van der Waals surface area contributed by atoms with Crippen LogP contribution in [-0.2, 0) is 15.0 Å². The number of anilines is 1. The number of aliphatic carboxylic acids is 1. The molecular formula is C24H33NO3. The molecule has 3 aliphatic carbocycles. The third-order valence-corrected chi connectivity index (χ3v) is 7.64. The molecule has 1 amide bonds. The molecule has 0 saturated heterocycles. The largest absolute Gasteiger partial charge is 0.481 e. The van der Waals surface area contributed by atoms with Gasteiger partial charge in [0.2, 0.25) is 5.91 Å². The van der Waals surface area contributed by atoms with Gasteiger partial charge in [0, 0.05) is 5.69 Å². The van der Waals surface area contributed by atoms with Gasteiger partial charge in [-0.2, -0.15) is 0 Å². The van der Waals surface area contributed by atoms with Gasteiger partial charge in [0.25, 0.3) is 0 Å². The van der Waals surface area contributed by atoms with Crippen molar-refractivity contribution in [3.8, 4) is 0 Å². The summed E-state index contributed by atoms with van der Waals surface area (Å²) in [6, 6.07) is 8.33. The number of rotatable bonds is 4. The molecule has 0 heterocycles. The summed E-state index contributed by atoms with van der Waals surface area (Å²) in [7, 11) is 0. The molecule has 28 heavy (non-hydrogen) atoms. The Hall–Kier alpha value is -1.84. The minimum Gasteiger partial charge on any atom is -0.481 e. The van der Waals surface area contributed by atoms with Crippen LogP contribution in [-0.4, -0.2) is 17.0 Å². The third kappa shape index (κ3) is 3.83. The van der Waals surface area contributed by atoms with Crippen LogP contribution in [0.3, 0.4) is 0 Å². The van der Waals surface area contributed by atoms with Gasteiger partial charge < -0.3 is 10.4 Å². The van der Waals surface area contributed by atoms with E-state index in [1.807, 2.05) is 12.1 Å². The van der Waals surface area contributed by atoms with Crippen molar-refractivity contribution in [1.29, 1.82) is 0 Å². The lowest BCUT2D eigenvalue weighted by Crippen LogP contribution is -2.38. The quantitative estimate of drug-likeness (QED) is 0.748. The number of benzene rings is 1. The Bertz CT molecular complexity index is 723. The van der Waals surface area contributed by atoms with Crippen molar-refractivity contribution >= 4 is 17.6 Å². The number of carboxylic acids is 1. The topological polar surface area (TPSA) is 66.4 Å². The highest BCUT2D eigenvalue weighted by Crippen LogP contribution is 2.51. The van der Waals surface area contributed by atoms with Crippen molar-refractivity contribution < 1.29 is 14.7 Å². The van der Waals surface area contributed by atoms with E-state index in [9.17, 15) is 14.7 Å². The van der Waals surface area contributed by atoms with Crippen molar-refractivity contribution in [3.05, 3.63) is 29.8 Å². The number of amides is 1. The number of carbonyl (C=O) groups excluding carboxylic acids is 1. The molecular weight excluding hydrogens is 350 g/mol. The maximum absolute atomic E-state index is 12.6. The molecule has 3 aliphatic rings. The molecule has 4 rings (SSSR count). The molecule has 4 heteroatoms. The van der Waals surface area contributed by atoms with Crippen LogP contribution in [0.5, 0.6) is 0 Å². The van der Waals surface area contributed by atoms with Crippen LogP contribution in [0.4, 0.5) is 5.69 Å². The molecule has 1 aromatic rings. The van der Waals surface area contributed by atoms with Crippen LogP contribution in [0, 0.1) is 29.6 Å². The number of fused-ring (bicyclic) bond motifs is 2. The first-order valence-corrected chi connectivity index (χ1v) is 11.0. The van der Waals surface area contributed by atoms with Gasteiger partial charge in [-0.15, -0.1) is 0 Å². The molecule has 4 atom stereocenters. The summed E-state index contributed by atoms with van der Waals surface area (Å²) in [6.45, 7) is 4.81. The summed E-state index contributed by atoms with van der Waals surface area (Å²) in [5.74, 6) is 0.625. The Morgan fingerprint density at radius 2 is 1.61 bits per heavy atom. The van der Waals surface area contributed by atoms with Gasteiger partial charge in [0.15, 0.2) is 0 Å². The molecule has 4 unspecified atom stereocenters. The van der Waals surface area contributed by atoms with Crippen molar-refractivity contribution in [2.24, 2.45) is 29.6 Å². The molecule has 4 nitrogen and oxygen atoms in total. The summed E-state index contributed by atoms with van der Waals surface area (Å²) < 4.78 is 0. The van der Waals surface area contributed by atoms with E-state index in [4.69, 9.17) is 0 Å². The summed E-state index contributed by atoms with van der Waals surface area (Å²) >= 11 is 0. The number of carboxylic acid groups (broad SMARTS) is 1. The highest BCUT2D eigenvalue weighted by molar-refractivity contribution is 5.95. The average Bonchev–Trinajstić information content (AvgIpc) is 3.11. The molecule has 0 spiro atoms. The molecule has 3 saturated carbocycles. The Kier molecular flexibility index (Phi) is 5.24. The van der Waals surface area contributed by atoms with E-state index in [1.165, 1.54) is 37.7 Å². The lowest BCUT2D eigenvalue weighted by molar-refractivity contribution is -0.145. The predicted octanol–water partition coefficient (Wildman–Crippen LogP) is 5.23. The van der Waals surface area contributed by atoms with Gasteiger partial charge in [0.05, 0.1) is 11.8 Å². The number of carbonyl (C=O) groups is 2. The summed E-state index contributed by atoms with van der Waals surface area (Å²) in [6.07, 6.45) is 8.75. The van der Waals surface area contributed by atoms with E-state index in [2.05, 4.69) is 31.3 Å². The second-order valence-electron chi connectivity index (χ2n) is 10.1. The predicted molar refractivity (Wildman–Crippen MR) is 110 cm³/mol. The van der Waals surface area contributed by atoms with E-state index >= 15 is 0 Å². The van der Waals surface area contributed by atoms with Gasteiger partial charge in [-0.1, -0.05) is 32.4 Å². The fraction of sp³-hybridized carbons (Fsp3) is 0.667. The monoisotopic (exact) mass is 383 g/mol. The Morgan fingerprint density at radius 1 is 1.00 bits per heavy atom. The zero-order chi connectivity index (χ0) is 19.9. The van der Waals surface area contributed by atoms with Crippen LogP contribution in [0.25, 0.3) is 0 Å². The standard InChI is InChI=1S/C24H33NO3/c1-15-10-16-12-17(11-15)14-24(2,13-16)18-6-8-19(9-7-18)25-22(26)20-4-3-5-21(20)23(27)28/h6-9,15-17,20-21H,3-5,10-14H2,1-2H3,(H,25,26)(H,27,28). The number of hydrogen-bond donors (Lipinski definition) is 2. The van der Waals surface area contributed by atoms with Gasteiger partial charge in [0.1, 0.15) is 0 Å². The van der Waals surface area contributed by atoms with Gasteiger partial charge in [-0.25, -0.2) is 0 Å². The van der Waals surface area contributed by atoms with Crippen LogP contribution in [0.1, 0.15) is 70.8 Å². The Balaban J connectivity index is 1.43.